The van der Waals surface area contributed by atoms with Crippen molar-refractivity contribution in [3.8, 4) is 0 Å². The standard InChI is InChI=1S/C17H29N3O/c1-13-15(9-12-18-3)14(2)20-16(19-13)17(21-4)10-7-5-6-8-11-17/h18H,5-12H2,1-4H3. The smallest absolute Gasteiger partial charge is 0.160 e. The Bertz CT molecular complexity index is 442. The molecule has 1 heterocycles. The highest BCUT2D eigenvalue weighted by atomic mass is 16.5. The Labute approximate surface area is 128 Å². The molecule has 1 fully saturated rings. The highest BCUT2D eigenvalue weighted by molar-refractivity contribution is 5.26. The summed E-state index contributed by atoms with van der Waals surface area (Å²) in [6.45, 7) is 5.16. The van der Waals surface area contributed by atoms with Crippen LogP contribution in [0.25, 0.3) is 0 Å². The Morgan fingerprint density at radius 1 is 1.05 bits per heavy atom. The molecule has 1 aliphatic rings. The number of nitrogens with one attached hydrogen (secondary N) is 1. The summed E-state index contributed by atoms with van der Waals surface area (Å²) in [4.78, 5) is 9.66. The number of hydrogen-bond donors (Lipinski definition) is 1. The third-order valence-corrected chi connectivity index (χ3v) is 4.76. The predicted octanol–water partition coefficient (Wildman–Crippen LogP) is 3.05. The molecule has 0 aliphatic heterocycles. The lowest BCUT2D eigenvalue weighted by molar-refractivity contribution is -0.0354. The molecule has 0 aromatic carbocycles. The van der Waals surface area contributed by atoms with Crippen LogP contribution < -0.4 is 5.32 Å². The second-order valence-electron chi connectivity index (χ2n) is 6.16. The van der Waals surface area contributed by atoms with Crippen LogP contribution in [0.1, 0.15) is 61.3 Å². The van der Waals surface area contributed by atoms with Gasteiger partial charge in [-0.25, -0.2) is 9.97 Å². The van der Waals surface area contributed by atoms with Crippen molar-refractivity contribution in [1.29, 1.82) is 0 Å². The number of aryl methyl sites for hydroxylation is 2. The monoisotopic (exact) mass is 291 g/mol. The van der Waals surface area contributed by atoms with Crippen molar-refractivity contribution in [3.05, 3.63) is 22.8 Å². The summed E-state index contributed by atoms with van der Waals surface area (Å²) < 4.78 is 5.94. The number of rotatable bonds is 5. The third-order valence-electron chi connectivity index (χ3n) is 4.76. The van der Waals surface area contributed by atoms with Gasteiger partial charge < -0.3 is 10.1 Å². The zero-order chi connectivity index (χ0) is 15.3. The van der Waals surface area contributed by atoms with Gasteiger partial charge in [-0.3, -0.25) is 0 Å². The quantitative estimate of drug-likeness (QED) is 0.847. The first-order valence-corrected chi connectivity index (χ1v) is 8.17. The van der Waals surface area contributed by atoms with E-state index in [1.165, 1.54) is 31.2 Å². The van der Waals surface area contributed by atoms with Gasteiger partial charge in [-0.15, -0.1) is 0 Å². The van der Waals surface area contributed by atoms with Gasteiger partial charge in [0.1, 0.15) is 5.60 Å². The van der Waals surface area contributed by atoms with E-state index in [0.29, 0.717) is 0 Å². The maximum Gasteiger partial charge on any atom is 0.160 e. The molecule has 0 bridgehead atoms. The van der Waals surface area contributed by atoms with Crippen LogP contribution >= 0.6 is 0 Å². The van der Waals surface area contributed by atoms with Crippen molar-refractivity contribution >= 4 is 0 Å². The molecular weight excluding hydrogens is 262 g/mol. The Kier molecular flexibility index (Phi) is 5.71. The summed E-state index contributed by atoms with van der Waals surface area (Å²) in [5.41, 5.74) is 3.21. The lowest BCUT2D eigenvalue weighted by Crippen LogP contribution is -2.31. The van der Waals surface area contributed by atoms with Crippen molar-refractivity contribution in [1.82, 2.24) is 15.3 Å². The van der Waals surface area contributed by atoms with Gasteiger partial charge in [0.2, 0.25) is 0 Å². The van der Waals surface area contributed by atoms with Gasteiger partial charge in [0.15, 0.2) is 5.82 Å². The third kappa shape index (κ3) is 3.61. The van der Waals surface area contributed by atoms with E-state index in [4.69, 9.17) is 14.7 Å². The van der Waals surface area contributed by atoms with Crippen LogP contribution in [-0.2, 0) is 16.8 Å². The Hall–Kier alpha value is -1.00. The molecule has 118 valence electrons. The van der Waals surface area contributed by atoms with E-state index in [1.54, 1.807) is 0 Å². The minimum atomic E-state index is -0.270. The molecule has 0 unspecified atom stereocenters. The SMILES string of the molecule is CNCCc1c(C)nc(C2(OC)CCCCCC2)nc1C. The number of aromatic nitrogens is 2. The number of likely N-dealkylation sites (N-methyl/N-ethyl adjacent to an activating group) is 1. The summed E-state index contributed by atoms with van der Waals surface area (Å²) >= 11 is 0. The average Bonchev–Trinajstić information content (AvgIpc) is 2.72. The molecule has 0 amide bonds. The molecule has 1 aromatic rings. The van der Waals surface area contributed by atoms with E-state index in [9.17, 15) is 0 Å². The average molecular weight is 291 g/mol. The number of methoxy groups -OCH3 is 1. The second-order valence-corrected chi connectivity index (χ2v) is 6.16. The van der Waals surface area contributed by atoms with Crippen LogP contribution in [0.4, 0.5) is 0 Å². The Morgan fingerprint density at radius 2 is 1.62 bits per heavy atom. The molecule has 1 aromatic heterocycles. The highest BCUT2D eigenvalue weighted by Gasteiger charge is 2.36. The van der Waals surface area contributed by atoms with E-state index in [-0.39, 0.29) is 5.60 Å². The molecule has 1 aliphatic carbocycles. The maximum absolute atomic E-state index is 5.94. The zero-order valence-corrected chi connectivity index (χ0v) is 14.0. The lowest BCUT2D eigenvalue weighted by Gasteiger charge is -2.30. The minimum absolute atomic E-state index is 0.270. The van der Waals surface area contributed by atoms with Crippen LogP contribution in [0.15, 0.2) is 0 Å². The van der Waals surface area contributed by atoms with Gasteiger partial charge in [0, 0.05) is 18.5 Å². The van der Waals surface area contributed by atoms with Crippen LogP contribution in [0.3, 0.4) is 0 Å². The number of hydrogen-bond acceptors (Lipinski definition) is 4. The molecule has 0 radical (unpaired) electrons. The molecule has 1 N–H and O–H groups in total. The van der Waals surface area contributed by atoms with E-state index in [0.717, 1.165) is 43.0 Å². The normalized spacial score (nSPS) is 18.5. The topological polar surface area (TPSA) is 47.0 Å². The summed E-state index contributed by atoms with van der Waals surface area (Å²) in [6, 6.07) is 0. The molecule has 0 saturated heterocycles. The molecule has 21 heavy (non-hydrogen) atoms. The summed E-state index contributed by atoms with van der Waals surface area (Å²) in [5.74, 6) is 0.898. The Morgan fingerprint density at radius 3 is 2.10 bits per heavy atom. The van der Waals surface area contributed by atoms with E-state index < -0.39 is 0 Å². The van der Waals surface area contributed by atoms with Gasteiger partial charge in [0.05, 0.1) is 0 Å². The van der Waals surface area contributed by atoms with Crippen molar-refractivity contribution in [3.63, 3.8) is 0 Å². The minimum Gasteiger partial charge on any atom is -0.370 e. The zero-order valence-electron chi connectivity index (χ0n) is 14.0. The van der Waals surface area contributed by atoms with Gasteiger partial charge in [-0.05, 0) is 52.3 Å². The van der Waals surface area contributed by atoms with Crippen molar-refractivity contribution in [2.24, 2.45) is 0 Å². The maximum atomic E-state index is 5.94. The molecule has 4 heteroatoms. The van der Waals surface area contributed by atoms with Gasteiger partial charge >= 0.3 is 0 Å². The first-order chi connectivity index (χ1) is 10.1. The fraction of sp³-hybridized carbons (Fsp3) is 0.765. The largest absolute Gasteiger partial charge is 0.370 e. The van der Waals surface area contributed by atoms with E-state index in [1.807, 2.05) is 14.2 Å². The van der Waals surface area contributed by atoms with E-state index in [2.05, 4.69) is 19.2 Å². The Balaban J connectivity index is 2.34. The predicted molar refractivity (Wildman–Crippen MR) is 85.5 cm³/mol. The summed E-state index contributed by atoms with van der Waals surface area (Å²) in [6.07, 6.45) is 8.06. The lowest BCUT2D eigenvalue weighted by atomic mass is 9.92. The summed E-state index contributed by atoms with van der Waals surface area (Å²) in [7, 11) is 3.79. The van der Waals surface area contributed by atoms with Crippen molar-refractivity contribution in [2.75, 3.05) is 20.7 Å². The van der Waals surface area contributed by atoms with Crippen LogP contribution in [-0.4, -0.2) is 30.7 Å². The first-order valence-electron chi connectivity index (χ1n) is 8.17. The second kappa shape index (κ2) is 7.32. The van der Waals surface area contributed by atoms with Crippen LogP contribution in [0.2, 0.25) is 0 Å². The highest BCUT2D eigenvalue weighted by Crippen LogP contribution is 2.37. The molecule has 1 saturated carbocycles. The van der Waals surface area contributed by atoms with Crippen molar-refractivity contribution < 1.29 is 4.74 Å². The molecule has 2 rings (SSSR count). The molecular formula is C17H29N3O. The van der Waals surface area contributed by atoms with Crippen molar-refractivity contribution in [2.45, 2.75) is 64.4 Å². The van der Waals surface area contributed by atoms with E-state index >= 15 is 0 Å². The van der Waals surface area contributed by atoms with Gasteiger partial charge in [0.25, 0.3) is 0 Å². The fourth-order valence-corrected chi connectivity index (χ4v) is 3.37. The summed E-state index contributed by atoms with van der Waals surface area (Å²) in [5, 5.41) is 3.20. The fourth-order valence-electron chi connectivity index (χ4n) is 3.37. The number of nitrogens with zero attached hydrogens (tertiary/aromatic N) is 2. The first kappa shape index (κ1) is 16.4. The molecule has 0 spiro atoms. The van der Waals surface area contributed by atoms with Gasteiger partial charge in [-0.1, -0.05) is 25.7 Å². The van der Waals surface area contributed by atoms with Crippen LogP contribution in [0.5, 0.6) is 0 Å². The number of ether oxygens (including phenoxy) is 1. The molecule has 0 atom stereocenters. The molecule has 4 nitrogen and oxygen atoms in total. The van der Waals surface area contributed by atoms with Crippen LogP contribution in [0, 0.1) is 13.8 Å². The van der Waals surface area contributed by atoms with Gasteiger partial charge in [-0.2, -0.15) is 0 Å².